The highest BCUT2D eigenvalue weighted by molar-refractivity contribution is 7.80. The van der Waals surface area contributed by atoms with E-state index in [0.717, 1.165) is 5.56 Å². The van der Waals surface area contributed by atoms with Crippen LogP contribution in [-0.4, -0.2) is 22.2 Å². The van der Waals surface area contributed by atoms with Gasteiger partial charge in [0, 0.05) is 6.42 Å². The van der Waals surface area contributed by atoms with Crippen molar-refractivity contribution in [3.63, 3.8) is 0 Å². The second-order valence-electron chi connectivity index (χ2n) is 3.09. The maximum atomic E-state index is 10.9. The van der Waals surface area contributed by atoms with Gasteiger partial charge in [-0.25, -0.2) is 4.79 Å². The number of nitrogens with two attached hydrogens (primary N) is 1. The Labute approximate surface area is 93.1 Å². The molecule has 0 aliphatic rings. The van der Waals surface area contributed by atoms with Crippen LogP contribution >= 0.6 is 12.2 Å². The van der Waals surface area contributed by atoms with Crippen molar-refractivity contribution < 1.29 is 9.90 Å². The summed E-state index contributed by atoms with van der Waals surface area (Å²) in [6.07, 6.45) is 0.355. The predicted molar refractivity (Wildman–Crippen MR) is 61.5 cm³/mol. The number of thiocarbonyl (C=S) groups is 1. The zero-order valence-electron chi connectivity index (χ0n) is 8.01. The monoisotopic (exact) mass is 224 g/mol. The second kappa shape index (κ2) is 5.31. The molecule has 1 rings (SSSR count). The quantitative estimate of drug-likeness (QED) is 0.650. The van der Waals surface area contributed by atoms with Gasteiger partial charge in [0.15, 0.2) is 5.11 Å². The van der Waals surface area contributed by atoms with Crippen molar-refractivity contribution in [2.45, 2.75) is 12.5 Å². The SMILES string of the molecule is NC(=S)NC(Cc1ccccc1)C(=O)O. The number of carboxylic acid groups (broad SMARTS) is 1. The standard InChI is InChI=1S/C10H12N2O2S/c11-10(15)12-8(9(13)14)6-7-4-2-1-3-5-7/h1-5,8H,6H2,(H,13,14)(H3,11,12,15). The molecule has 1 aromatic carbocycles. The van der Waals surface area contributed by atoms with Crippen molar-refractivity contribution in [1.82, 2.24) is 5.32 Å². The summed E-state index contributed by atoms with van der Waals surface area (Å²) in [6, 6.07) is 8.53. The molecule has 15 heavy (non-hydrogen) atoms. The summed E-state index contributed by atoms with van der Waals surface area (Å²) in [5, 5.41) is 11.4. The highest BCUT2D eigenvalue weighted by Gasteiger charge is 2.17. The number of carbonyl (C=O) groups is 1. The Morgan fingerprint density at radius 3 is 2.53 bits per heavy atom. The number of nitrogens with one attached hydrogen (secondary N) is 1. The Morgan fingerprint density at radius 2 is 2.07 bits per heavy atom. The van der Waals surface area contributed by atoms with Crippen molar-refractivity contribution in [3.8, 4) is 0 Å². The second-order valence-corrected chi connectivity index (χ2v) is 3.53. The molecule has 4 nitrogen and oxygen atoms in total. The topological polar surface area (TPSA) is 75.3 Å². The third kappa shape index (κ3) is 3.95. The molecule has 1 aromatic rings. The molecule has 0 heterocycles. The fraction of sp³-hybridized carbons (Fsp3) is 0.200. The zero-order chi connectivity index (χ0) is 11.3. The minimum Gasteiger partial charge on any atom is -0.480 e. The van der Waals surface area contributed by atoms with Crippen LogP contribution in [0.1, 0.15) is 5.56 Å². The first-order chi connectivity index (χ1) is 7.09. The van der Waals surface area contributed by atoms with Crippen LogP contribution < -0.4 is 11.1 Å². The van der Waals surface area contributed by atoms with E-state index in [1.807, 2.05) is 30.3 Å². The van der Waals surface area contributed by atoms with E-state index in [4.69, 9.17) is 10.8 Å². The zero-order valence-corrected chi connectivity index (χ0v) is 8.83. The van der Waals surface area contributed by atoms with Gasteiger partial charge in [-0.3, -0.25) is 0 Å². The molecule has 0 saturated heterocycles. The van der Waals surface area contributed by atoms with Gasteiger partial charge in [-0.2, -0.15) is 0 Å². The Bertz CT molecular complexity index is 354. The summed E-state index contributed by atoms with van der Waals surface area (Å²) in [5.41, 5.74) is 6.17. The molecule has 80 valence electrons. The van der Waals surface area contributed by atoms with E-state index in [1.54, 1.807) is 0 Å². The Kier molecular flexibility index (Phi) is 4.05. The Balaban J connectivity index is 2.67. The van der Waals surface area contributed by atoms with Gasteiger partial charge in [-0.15, -0.1) is 0 Å². The Morgan fingerprint density at radius 1 is 1.47 bits per heavy atom. The van der Waals surface area contributed by atoms with Crippen LogP contribution in [0.2, 0.25) is 0 Å². The van der Waals surface area contributed by atoms with Crippen molar-refractivity contribution in [2.24, 2.45) is 5.73 Å². The van der Waals surface area contributed by atoms with Crippen molar-refractivity contribution in [3.05, 3.63) is 35.9 Å². The number of benzene rings is 1. The normalized spacial score (nSPS) is 11.7. The number of rotatable bonds is 4. The van der Waals surface area contributed by atoms with Crippen LogP contribution in [0.15, 0.2) is 30.3 Å². The maximum absolute atomic E-state index is 10.9. The largest absolute Gasteiger partial charge is 0.480 e. The van der Waals surface area contributed by atoms with Gasteiger partial charge in [0.05, 0.1) is 0 Å². The van der Waals surface area contributed by atoms with Crippen LogP contribution in [0.4, 0.5) is 0 Å². The lowest BCUT2D eigenvalue weighted by molar-refractivity contribution is -0.139. The molecule has 0 spiro atoms. The maximum Gasteiger partial charge on any atom is 0.326 e. The highest BCUT2D eigenvalue weighted by atomic mass is 32.1. The van der Waals surface area contributed by atoms with Crippen molar-refractivity contribution >= 4 is 23.3 Å². The molecule has 0 aliphatic carbocycles. The number of hydrogen-bond donors (Lipinski definition) is 3. The van der Waals surface area contributed by atoms with Gasteiger partial charge in [0.1, 0.15) is 6.04 Å². The average Bonchev–Trinajstić information content (AvgIpc) is 2.17. The lowest BCUT2D eigenvalue weighted by Crippen LogP contribution is -2.44. The van der Waals surface area contributed by atoms with E-state index >= 15 is 0 Å². The Hall–Kier alpha value is -1.62. The summed E-state index contributed by atoms with van der Waals surface area (Å²) in [7, 11) is 0. The average molecular weight is 224 g/mol. The molecule has 0 aromatic heterocycles. The van der Waals surface area contributed by atoms with Crippen LogP contribution in [0.5, 0.6) is 0 Å². The fourth-order valence-electron chi connectivity index (χ4n) is 1.22. The highest BCUT2D eigenvalue weighted by Crippen LogP contribution is 2.03. The van der Waals surface area contributed by atoms with Crippen LogP contribution in [0.25, 0.3) is 0 Å². The lowest BCUT2D eigenvalue weighted by atomic mass is 10.1. The minimum absolute atomic E-state index is 0.00155. The third-order valence-corrected chi connectivity index (χ3v) is 2.02. The molecule has 1 atom stereocenters. The van der Waals surface area contributed by atoms with Crippen LogP contribution in [-0.2, 0) is 11.2 Å². The van der Waals surface area contributed by atoms with Crippen LogP contribution in [0, 0.1) is 0 Å². The third-order valence-electron chi connectivity index (χ3n) is 1.90. The van der Waals surface area contributed by atoms with Gasteiger partial charge >= 0.3 is 5.97 Å². The predicted octanol–water partition coefficient (Wildman–Crippen LogP) is 0.515. The lowest BCUT2D eigenvalue weighted by Gasteiger charge is -2.13. The van der Waals surface area contributed by atoms with Crippen molar-refractivity contribution in [2.75, 3.05) is 0 Å². The van der Waals surface area contributed by atoms with E-state index in [1.165, 1.54) is 0 Å². The molecular weight excluding hydrogens is 212 g/mol. The van der Waals surface area contributed by atoms with Gasteiger partial charge in [-0.05, 0) is 17.8 Å². The summed E-state index contributed by atoms with van der Waals surface area (Å²) in [6.45, 7) is 0. The molecule has 0 bridgehead atoms. The van der Waals surface area contributed by atoms with E-state index < -0.39 is 12.0 Å². The van der Waals surface area contributed by atoms with E-state index in [9.17, 15) is 4.79 Å². The fourth-order valence-corrected chi connectivity index (χ4v) is 1.36. The summed E-state index contributed by atoms with van der Waals surface area (Å²) in [4.78, 5) is 10.9. The van der Waals surface area contributed by atoms with Crippen molar-refractivity contribution in [1.29, 1.82) is 0 Å². The molecule has 0 fully saturated rings. The number of hydrogen-bond acceptors (Lipinski definition) is 2. The number of carboxylic acids is 1. The van der Waals surface area contributed by atoms with Gasteiger partial charge in [0.2, 0.25) is 0 Å². The first-order valence-corrected chi connectivity index (χ1v) is 4.83. The molecule has 0 radical (unpaired) electrons. The summed E-state index contributed by atoms with van der Waals surface area (Å²) in [5.74, 6) is -0.966. The molecule has 0 amide bonds. The first-order valence-electron chi connectivity index (χ1n) is 4.42. The van der Waals surface area contributed by atoms with E-state index in [0.29, 0.717) is 6.42 Å². The van der Waals surface area contributed by atoms with Gasteiger partial charge < -0.3 is 16.2 Å². The number of aliphatic carboxylic acids is 1. The molecule has 4 N–H and O–H groups in total. The summed E-state index contributed by atoms with van der Waals surface area (Å²) >= 11 is 4.61. The molecular formula is C10H12N2O2S. The minimum atomic E-state index is -0.966. The van der Waals surface area contributed by atoms with E-state index in [2.05, 4.69) is 17.5 Å². The summed E-state index contributed by atoms with van der Waals surface area (Å²) < 4.78 is 0. The smallest absolute Gasteiger partial charge is 0.326 e. The van der Waals surface area contributed by atoms with Gasteiger partial charge in [0.25, 0.3) is 0 Å². The first kappa shape index (κ1) is 11.5. The van der Waals surface area contributed by atoms with E-state index in [-0.39, 0.29) is 5.11 Å². The molecule has 0 aliphatic heterocycles. The van der Waals surface area contributed by atoms with Gasteiger partial charge in [-0.1, -0.05) is 30.3 Å². The molecule has 0 saturated carbocycles. The molecule has 5 heteroatoms. The molecule has 1 unspecified atom stereocenters. The van der Waals surface area contributed by atoms with Crippen LogP contribution in [0.3, 0.4) is 0 Å².